The van der Waals surface area contributed by atoms with Gasteiger partial charge in [0.2, 0.25) is 0 Å². The average Bonchev–Trinajstić information content (AvgIpc) is 2.43. The molecule has 1 rings (SSSR count). The lowest BCUT2D eigenvalue weighted by Gasteiger charge is -2.09. The van der Waals surface area contributed by atoms with Gasteiger partial charge in [0.05, 0.1) is 6.61 Å². The van der Waals surface area contributed by atoms with Crippen molar-refractivity contribution in [3.8, 4) is 0 Å². The summed E-state index contributed by atoms with van der Waals surface area (Å²) < 4.78 is 5.49. The fourth-order valence-corrected chi connectivity index (χ4v) is 2.10. The molecular formula is C16H25NOS. The van der Waals surface area contributed by atoms with E-state index in [9.17, 15) is 0 Å². The number of ether oxygens (including phenoxy) is 1. The lowest BCUT2D eigenvalue weighted by molar-refractivity contribution is 0.299. The SMILES string of the molecule is CCCCCCCCCOC(=S)Nc1ccccc1. The molecule has 1 aromatic carbocycles. The third-order valence-electron chi connectivity index (χ3n) is 3.00. The number of benzene rings is 1. The van der Waals surface area contributed by atoms with Gasteiger partial charge in [-0.15, -0.1) is 0 Å². The number of unbranched alkanes of at least 4 members (excludes halogenated alkanes) is 6. The molecule has 0 fully saturated rings. The molecule has 0 amide bonds. The molecule has 1 N–H and O–H groups in total. The van der Waals surface area contributed by atoms with E-state index in [0.29, 0.717) is 11.8 Å². The number of para-hydroxylation sites is 1. The summed E-state index contributed by atoms with van der Waals surface area (Å²) in [6.45, 7) is 2.96. The molecule has 0 heterocycles. The number of rotatable bonds is 9. The fraction of sp³-hybridized carbons (Fsp3) is 0.562. The van der Waals surface area contributed by atoms with Crippen molar-refractivity contribution in [2.75, 3.05) is 11.9 Å². The first-order valence-corrected chi connectivity index (χ1v) is 7.72. The molecule has 3 heteroatoms. The Morgan fingerprint density at radius 1 is 1.00 bits per heavy atom. The van der Waals surface area contributed by atoms with Gasteiger partial charge in [-0.3, -0.25) is 0 Å². The van der Waals surface area contributed by atoms with E-state index in [1.165, 1.54) is 38.5 Å². The molecular weight excluding hydrogens is 254 g/mol. The summed E-state index contributed by atoms with van der Waals surface area (Å²) in [5.41, 5.74) is 0.979. The summed E-state index contributed by atoms with van der Waals surface area (Å²) in [5.74, 6) is 0. The first kappa shape index (κ1) is 16.0. The smallest absolute Gasteiger partial charge is 0.261 e. The number of anilines is 1. The van der Waals surface area contributed by atoms with E-state index in [2.05, 4.69) is 12.2 Å². The highest BCUT2D eigenvalue weighted by Crippen LogP contribution is 2.08. The summed E-state index contributed by atoms with van der Waals surface area (Å²) in [6, 6.07) is 9.88. The fourth-order valence-electron chi connectivity index (χ4n) is 1.90. The molecule has 0 spiro atoms. The van der Waals surface area contributed by atoms with E-state index >= 15 is 0 Å². The van der Waals surface area contributed by atoms with Crippen molar-refractivity contribution < 1.29 is 4.74 Å². The van der Waals surface area contributed by atoms with Crippen LogP contribution in [0.1, 0.15) is 51.9 Å². The van der Waals surface area contributed by atoms with E-state index in [-0.39, 0.29) is 0 Å². The Morgan fingerprint density at radius 3 is 2.32 bits per heavy atom. The van der Waals surface area contributed by atoms with Crippen LogP contribution in [0.5, 0.6) is 0 Å². The predicted molar refractivity (Wildman–Crippen MR) is 86.6 cm³/mol. The van der Waals surface area contributed by atoms with Crippen molar-refractivity contribution in [1.82, 2.24) is 0 Å². The Hall–Kier alpha value is -1.09. The highest BCUT2D eigenvalue weighted by atomic mass is 32.1. The first-order chi connectivity index (χ1) is 9.33. The Bertz CT molecular complexity index is 340. The first-order valence-electron chi connectivity index (χ1n) is 7.31. The molecule has 0 unspecified atom stereocenters. The van der Waals surface area contributed by atoms with Gasteiger partial charge in [0.1, 0.15) is 0 Å². The van der Waals surface area contributed by atoms with Crippen LogP contribution >= 0.6 is 12.2 Å². The maximum atomic E-state index is 5.49. The normalized spacial score (nSPS) is 10.2. The zero-order chi connectivity index (χ0) is 13.8. The van der Waals surface area contributed by atoms with Gasteiger partial charge in [-0.2, -0.15) is 0 Å². The number of hydrogen-bond acceptors (Lipinski definition) is 2. The molecule has 0 aromatic heterocycles. The summed E-state index contributed by atoms with van der Waals surface area (Å²) in [5, 5.41) is 3.54. The zero-order valence-corrected chi connectivity index (χ0v) is 12.7. The second kappa shape index (κ2) is 10.8. The average molecular weight is 279 g/mol. The Balaban J connectivity index is 1.96. The van der Waals surface area contributed by atoms with Crippen molar-refractivity contribution in [1.29, 1.82) is 0 Å². The molecule has 0 atom stereocenters. The van der Waals surface area contributed by atoms with Crippen molar-refractivity contribution >= 4 is 23.1 Å². The largest absolute Gasteiger partial charge is 0.471 e. The van der Waals surface area contributed by atoms with Crippen LogP contribution in [0, 0.1) is 0 Å². The molecule has 0 saturated carbocycles. The molecule has 106 valence electrons. The minimum atomic E-state index is 0.470. The number of hydrogen-bond donors (Lipinski definition) is 1. The van der Waals surface area contributed by atoms with Crippen molar-refractivity contribution in [3.05, 3.63) is 30.3 Å². The third-order valence-corrected chi connectivity index (χ3v) is 3.22. The van der Waals surface area contributed by atoms with Gasteiger partial charge in [0.15, 0.2) is 0 Å². The van der Waals surface area contributed by atoms with Crippen LogP contribution in [0.25, 0.3) is 0 Å². The van der Waals surface area contributed by atoms with E-state index in [0.717, 1.165) is 12.1 Å². The van der Waals surface area contributed by atoms with Crippen molar-refractivity contribution in [2.24, 2.45) is 0 Å². The monoisotopic (exact) mass is 279 g/mol. The van der Waals surface area contributed by atoms with Crippen molar-refractivity contribution in [3.63, 3.8) is 0 Å². The highest BCUT2D eigenvalue weighted by Gasteiger charge is 1.98. The highest BCUT2D eigenvalue weighted by molar-refractivity contribution is 7.80. The maximum Gasteiger partial charge on any atom is 0.261 e. The van der Waals surface area contributed by atoms with Gasteiger partial charge in [-0.25, -0.2) is 0 Å². The minimum Gasteiger partial charge on any atom is -0.471 e. The Kier molecular flexibility index (Phi) is 9.07. The van der Waals surface area contributed by atoms with Crippen LogP contribution in [0.3, 0.4) is 0 Å². The Morgan fingerprint density at radius 2 is 1.63 bits per heavy atom. The molecule has 0 radical (unpaired) electrons. The molecule has 2 nitrogen and oxygen atoms in total. The number of nitrogens with one attached hydrogen (secondary N) is 1. The standard InChI is InChI=1S/C16H25NOS/c1-2-3-4-5-6-7-11-14-18-16(19)17-15-12-9-8-10-13-15/h8-10,12-13H,2-7,11,14H2,1H3,(H,17,19). The van der Waals surface area contributed by atoms with Gasteiger partial charge in [0.25, 0.3) is 5.17 Å². The number of thiocarbonyl (C=S) groups is 1. The van der Waals surface area contributed by atoms with Crippen LogP contribution in [0.15, 0.2) is 30.3 Å². The maximum absolute atomic E-state index is 5.49. The van der Waals surface area contributed by atoms with E-state index in [4.69, 9.17) is 17.0 Å². The minimum absolute atomic E-state index is 0.470. The topological polar surface area (TPSA) is 21.3 Å². The van der Waals surface area contributed by atoms with Crippen LogP contribution < -0.4 is 5.32 Å². The predicted octanol–water partition coefficient (Wildman–Crippen LogP) is 5.15. The van der Waals surface area contributed by atoms with Gasteiger partial charge in [0, 0.05) is 5.69 Å². The summed E-state index contributed by atoms with van der Waals surface area (Å²) in [4.78, 5) is 0. The van der Waals surface area contributed by atoms with Crippen LogP contribution in [0.4, 0.5) is 5.69 Å². The zero-order valence-electron chi connectivity index (χ0n) is 11.9. The quantitative estimate of drug-likeness (QED) is 0.499. The third kappa shape index (κ3) is 8.60. The lowest BCUT2D eigenvalue weighted by atomic mass is 10.1. The van der Waals surface area contributed by atoms with Crippen LogP contribution in [0.2, 0.25) is 0 Å². The molecule has 0 aliphatic heterocycles. The summed E-state index contributed by atoms with van der Waals surface area (Å²) in [6.07, 6.45) is 9.01. The molecule has 0 bridgehead atoms. The van der Waals surface area contributed by atoms with Gasteiger partial charge in [-0.05, 0) is 30.8 Å². The van der Waals surface area contributed by atoms with Crippen LogP contribution in [-0.2, 0) is 4.74 Å². The van der Waals surface area contributed by atoms with Crippen LogP contribution in [-0.4, -0.2) is 11.8 Å². The van der Waals surface area contributed by atoms with Gasteiger partial charge in [-0.1, -0.05) is 63.6 Å². The van der Waals surface area contributed by atoms with E-state index in [1.807, 2.05) is 30.3 Å². The molecule has 0 saturated heterocycles. The summed E-state index contributed by atoms with van der Waals surface area (Å²) >= 11 is 5.14. The van der Waals surface area contributed by atoms with Gasteiger partial charge < -0.3 is 10.1 Å². The Labute approximate surface area is 122 Å². The second-order valence-electron chi connectivity index (χ2n) is 4.75. The summed E-state index contributed by atoms with van der Waals surface area (Å²) in [7, 11) is 0. The van der Waals surface area contributed by atoms with E-state index < -0.39 is 0 Å². The second-order valence-corrected chi connectivity index (χ2v) is 5.12. The van der Waals surface area contributed by atoms with Gasteiger partial charge >= 0.3 is 0 Å². The van der Waals surface area contributed by atoms with Crippen molar-refractivity contribution in [2.45, 2.75) is 51.9 Å². The molecule has 0 aliphatic rings. The molecule has 1 aromatic rings. The lowest BCUT2D eigenvalue weighted by Crippen LogP contribution is -2.13. The molecule has 19 heavy (non-hydrogen) atoms. The van der Waals surface area contributed by atoms with E-state index in [1.54, 1.807) is 0 Å². The molecule has 0 aliphatic carbocycles.